The molecule has 0 radical (unpaired) electrons. The molecule has 5 heteroatoms. The van der Waals surface area contributed by atoms with Gasteiger partial charge >= 0.3 is 0 Å². The predicted octanol–water partition coefficient (Wildman–Crippen LogP) is 1.17. The molecule has 0 bridgehead atoms. The van der Waals surface area contributed by atoms with Gasteiger partial charge in [-0.2, -0.15) is 0 Å². The maximum absolute atomic E-state index is 11.2. The number of halogens is 1. The van der Waals surface area contributed by atoms with E-state index in [0.717, 1.165) is 0 Å². The van der Waals surface area contributed by atoms with Crippen molar-refractivity contribution in [2.45, 2.75) is 13.5 Å². The lowest BCUT2D eigenvalue weighted by atomic mass is 10.2. The lowest BCUT2D eigenvalue weighted by molar-refractivity contribution is -0.124. The highest BCUT2D eigenvalue weighted by atomic mass is 35.5. The summed E-state index contributed by atoms with van der Waals surface area (Å²) in [4.78, 5) is 11.2. The number of nitrogens with zero attached hydrogens (tertiary/aromatic N) is 1. The number of hydrogen-bond acceptors (Lipinski definition) is 3. The van der Waals surface area contributed by atoms with Crippen molar-refractivity contribution in [2.24, 2.45) is 5.92 Å². The van der Waals surface area contributed by atoms with E-state index in [4.69, 9.17) is 16.1 Å². The van der Waals surface area contributed by atoms with Crippen LogP contribution in [0.15, 0.2) is 16.8 Å². The lowest BCUT2D eigenvalue weighted by Gasteiger charge is -2.06. The summed E-state index contributed by atoms with van der Waals surface area (Å²) >= 11 is 5.51. The fourth-order valence-corrected chi connectivity index (χ4v) is 0.892. The summed E-state index contributed by atoms with van der Waals surface area (Å²) in [7, 11) is 0. The minimum absolute atomic E-state index is 0.0774. The largest absolute Gasteiger partial charge is 0.360 e. The number of carbonyl (C=O) groups excluding carboxylic acids is 1. The van der Waals surface area contributed by atoms with Crippen LogP contribution >= 0.6 is 11.6 Å². The average molecular weight is 203 g/mol. The molecule has 1 N–H and O–H groups in total. The molecule has 0 fully saturated rings. The molecule has 0 saturated carbocycles. The first-order valence-corrected chi connectivity index (χ1v) is 4.50. The van der Waals surface area contributed by atoms with E-state index in [1.54, 1.807) is 13.0 Å². The van der Waals surface area contributed by atoms with Crippen molar-refractivity contribution in [1.29, 1.82) is 0 Å². The standard InChI is InChI=1S/C8H11ClN2O2/c1-6(4-9)8(12)10-5-7-2-3-11-13-7/h2-3,6H,4-5H2,1H3,(H,10,12). The molecule has 1 amide bonds. The van der Waals surface area contributed by atoms with Crippen molar-refractivity contribution >= 4 is 17.5 Å². The first-order chi connectivity index (χ1) is 6.24. The van der Waals surface area contributed by atoms with Gasteiger partial charge in [-0.3, -0.25) is 4.79 Å². The van der Waals surface area contributed by atoms with Gasteiger partial charge in [0.25, 0.3) is 0 Å². The van der Waals surface area contributed by atoms with E-state index in [1.807, 2.05) is 0 Å². The molecule has 1 heterocycles. The van der Waals surface area contributed by atoms with E-state index in [-0.39, 0.29) is 11.8 Å². The number of carbonyl (C=O) groups is 1. The van der Waals surface area contributed by atoms with E-state index in [1.165, 1.54) is 6.20 Å². The maximum Gasteiger partial charge on any atom is 0.224 e. The van der Waals surface area contributed by atoms with Gasteiger partial charge in [0.05, 0.1) is 12.7 Å². The van der Waals surface area contributed by atoms with Crippen LogP contribution in [-0.2, 0) is 11.3 Å². The maximum atomic E-state index is 11.2. The second kappa shape index (κ2) is 4.87. The van der Waals surface area contributed by atoms with Gasteiger partial charge in [0.1, 0.15) is 0 Å². The molecule has 72 valence electrons. The van der Waals surface area contributed by atoms with Crippen molar-refractivity contribution in [3.63, 3.8) is 0 Å². The zero-order chi connectivity index (χ0) is 9.68. The number of nitrogens with one attached hydrogen (secondary N) is 1. The molecule has 0 saturated heterocycles. The smallest absolute Gasteiger partial charge is 0.224 e. The van der Waals surface area contributed by atoms with Crippen LogP contribution in [0.3, 0.4) is 0 Å². The fourth-order valence-electron chi connectivity index (χ4n) is 0.752. The molecule has 1 rings (SSSR count). The molecule has 1 unspecified atom stereocenters. The Morgan fingerprint density at radius 3 is 3.15 bits per heavy atom. The Morgan fingerprint density at radius 2 is 2.62 bits per heavy atom. The Bertz CT molecular complexity index is 261. The molecular weight excluding hydrogens is 192 g/mol. The SMILES string of the molecule is CC(CCl)C(=O)NCc1ccno1. The Labute approximate surface area is 81.2 Å². The summed E-state index contributed by atoms with van der Waals surface area (Å²) in [6.45, 7) is 2.13. The number of rotatable bonds is 4. The summed E-state index contributed by atoms with van der Waals surface area (Å²) in [5.41, 5.74) is 0. The number of alkyl halides is 1. The highest BCUT2D eigenvalue weighted by molar-refractivity contribution is 6.19. The Balaban J connectivity index is 2.31. The molecule has 0 spiro atoms. The van der Waals surface area contributed by atoms with Gasteiger partial charge in [0, 0.05) is 17.9 Å². The molecule has 0 aliphatic rings. The molecule has 1 atom stereocenters. The molecular formula is C8H11ClN2O2. The van der Waals surface area contributed by atoms with Crippen molar-refractivity contribution in [3.8, 4) is 0 Å². The number of amides is 1. The highest BCUT2D eigenvalue weighted by Gasteiger charge is 2.10. The Kier molecular flexibility index (Phi) is 3.76. The van der Waals surface area contributed by atoms with Gasteiger partial charge in [-0.1, -0.05) is 12.1 Å². The van der Waals surface area contributed by atoms with Crippen LogP contribution in [0.5, 0.6) is 0 Å². The van der Waals surface area contributed by atoms with E-state index in [2.05, 4.69) is 10.5 Å². The average Bonchev–Trinajstić information content (AvgIpc) is 2.65. The van der Waals surface area contributed by atoms with E-state index in [9.17, 15) is 4.79 Å². The first-order valence-electron chi connectivity index (χ1n) is 3.97. The molecule has 1 aromatic heterocycles. The lowest BCUT2D eigenvalue weighted by Crippen LogP contribution is -2.29. The second-order valence-electron chi connectivity index (χ2n) is 2.75. The summed E-state index contributed by atoms with van der Waals surface area (Å²) in [5, 5.41) is 6.19. The van der Waals surface area contributed by atoms with E-state index < -0.39 is 0 Å². The molecule has 4 nitrogen and oxygen atoms in total. The summed E-state index contributed by atoms with van der Waals surface area (Å²) in [6, 6.07) is 1.70. The zero-order valence-electron chi connectivity index (χ0n) is 7.29. The van der Waals surface area contributed by atoms with E-state index in [0.29, 0.717) is 18.2 Å². The van der Waals surface area contributed by atoms with Gasteiger partial charge in [-0.25, -0.2) is 0 Å². The predicted molar refractivity (Wildman–Crippen MR) is 48.2 cm³/mol. The Hall–Kier alpha value is -1.03. The number of hydrogen-bond donors (Lipinski definition) is 1. The molecule has 1 aromatic rings. The third kappa shape index (κ3) is 3.06. The number of aromatic nitrogens is 1. The van der Waals surface area contributed by atoms with Crippen LogP contribution in [0.4, 0.5) is 0 Å². The molecule has 0 aliphatic carbocycles. The summed E-state index contributed by atoms with van der Waals surface area (Å²) < 4.78 is 4.80. The van der Waals surface area contributed by atoms with Crippen molar-refractivity contribution in [3.05, 3.63) is 18.0 Å². The van der Waals surface area contributed by atoms with Crippen LogP contribution in [0.25, 0.3) is 0 Å². The van der Waals surface area contributed by atoms with Gasteiger partial charge in [0.15, 0.2) is 5.76 Å². The van der Waals surface area contributed by atoms with Gasteiger partial charge in [0.2, 0.25) is 5.91 Å². The second-order valence-corrected chi connectivity index (χ2v) is 3.06. The normalized spacial score (nSPS) is 12.5. The summed E-state index contributed by atoms with van der Waals surface area (Å²) in [5.74, 6) is 0.702. The topological polar surface area (TPSA) is 55.1 Å². The molecule has 0 aromatic carbocycles. The van der Waals surface area contributed by atoms with E-state index >= 15 is 0 Å². The summed E-state index contributed by atoms with van der Waals surface area (Å²) in [6.07, 6.45) is 1.53. The van der Waals surface area contributed by atoms with Crippen LogP contribution in [-0.4, -0.2) is 16.9 Å². The van der Waals surface area contributed by atoms with Crippen molar-refractivity contribution in [1.82, 2.24) is 10.5 Å². The van der Waals surface area contributed by atoms with Crippen LogP contribution < -0.4 is 5.32 Å². The third-order valence-corrected chi connectivity index (χ3v) is 2.07. The zero-order valence-corrected chi connectivity index (χ0v) is 8.04. The molecule has 13 heavy (non-hydrogen) atoms. The Morgan fingerprint density at radius 1 is 1.85 bits per heavy atom. The van der Waals surface area contributed by atoms with Crippen LogP contribution in [0, 0.1) is 5.92 Å². The monoisotopic (exact) mass is 202 g/mol. The van der Waals surface area contributed by atoms with Gasteiger partial charge in [-0.15, -0.1) is 11.6 Å². The minimum Gasteiger partial charge on any atom is -0.360 e. The van der Waals surface area contributed by atoms with Crippen LogP contribution in [0.1, 0.15) is 12.7 Å². The fraction of sp³-hybridized carbons (Fsp3) is 0.500. The van der Waals surface area contributed by atoms with Crippen molar-refractivity contribution < 1.29 is 9.32 Å². The van der Waals surface area contributed by atoms with Gasteiger partial charge < -0.3 is 9.84 Å². The van der Waals surface area contributed by atoms with Crippen LogP contribution in [0.2, 0.25) is 0 Å². The highest BCUT2D eigenvalue weighted by Crippen LogP contribution is 2.00. The van der Waals surface area contributed by atoms with Gasteiger partial charge in [-0.05, 0) is 0 Å². The first kappa shape index (κ1) is 10.1. The quantitative estimate of drug-likeness (QED) is 0.746. The minimum atomic E-state index is -0.176. The third-order valence-electron chi connectivity index (χ3n) is 1.61. The van der Waals surface area contributed by atoms with Crippen molar-refractivity contribution in [2.75, 3.05) is 5.88 Å². The molecule has 0 aliphatic heterocycles.